The number of aromatic carboxylic acids is 1. The molecule has 1 aromatic heterocycles. The number of nitrogens with zero attached hydrogens (tertiary/aromatic N) is 1. The van der Waals surface area contributed by atoms with Crippen molar-refractivity contribution in [3.05, 3.63) is 16.3 Å². The molecule has 8 heteroatoms. The summed E-state index contributed by atoms with van der Waals surface area (Å²) in [6.45, 7) is 2.25. The molecule has 1 fully saturated rings. The zero-order valence-electron chi connectivity index (χ0n) is 11.2. The number of carboxylic acid groups (broad SMARTS) is 1. The van der Waals surface area contributed by atoms with E-state index in [0.717, 1.165) is 37.3 Å². The van der Waals surface area contributed by atoms with Crippen molar-refractivity contribution in [3.8, 4) is 0 Å². The summed E-state index contributed by atoms with van der Waals surface area (Å²) in [5.41, 5.74) is 0. The van der Waals surface area contributed by atoms with Crippen LogP contribution in [0.15, 0.2) is 16.3 Å². The summed E-state index contributed by atoms with van der Waals surface area (Å²) >= 11 is 0.919. The molecule has 1 atom stereocenters. The first-order valence-electron chi connectivity index (χ1n) is 6.39. The third-order valence-corrected chi connectivity index (χ3v) is 5.89. The number of nitrogens with one attached hydrogen (secondary N) is 1. The molecule has 20 heavy (non-hydrogen) atoms. The zero-order valence-corrected chi connectivity index (χ0v) is 12.8. The van der Waals surface area contributed by atoms with Crippen molar-refractivity contribution >= 4 is 27.3 Å². The van der Waals surface area contributed by atoms with Crippen molar-refractivity contribution in [2.75, 3.05) is 26.7 Å². The maximum Gasteiger partial charge on any atom is 0.347 e. The Kier molecular flexibility index (Phi) is 4.79. The predicted molar refractivity (Wildman–Crippen MR) is 76.7 cm³/mol. The van der Waals surface area contributed by atoms with Gasteiger partial charge < -0.3 is 10.0 Å². The van der Waals surface area contributed by atoms with Crippen LogP contribution in [0.3, 0.4) is 0 Å². The lowest BCUT2D eigenvalue weighted by molar-refractivity contribution is 0.0698. The Morgan fingerprint density at radius 2 is 2.35 bits per heavy atom. The average Bonchev–Trinajstić information content (AvgIpc) is 2.87. The summed E-state index contributed by atoms with van der Waals surface area (Å²) < 4.78 is 26.9. The fourth-order valence-electron chi connectivity index (χ4n) is 2.41. The summed E-state index contributed by atoms with van der Waals surface area (Å²) in [5.74, 6) is -0.937. The lowest BCUT2D eigenvalue weighted by atomic mass is 9.99. The molecule has 0 spiro atoms. The molecule has 0 amide bonds. The number of thiophene rings is 1. The molecular weight excluding hydrogens is 300 g/mol. The van der Waals surface area contributed by atoms with Crippen LogP contribution in [0.4, 0.5) is 0 Å². The summed E-state index contributed by atoms with van der Waals surface area (Å²) in [5, 5.41) is 10.5. The predicted octanol–water partition coefficient (Wildman–Crippen LogP) is 1.07. The molecule has 1 aliphatic rings. The molecule has 2 rings (SSSR count). The molecule has 0 bridgehead atoms. The molecular formula is C12H18N2O4S2. The normalized spacial score (nSPS) is 20.9. The van der Waals surface area contributed by atoms with Crippen LogP contribution in [0.1, 0.15) is 22.5 Å². The van der Waals surface area contributed by atoms with E-state index in [1.54, 1.807) is 0 Å². The van der Waals surface area contributed by atoms with Crippen LogP contribution in [0, 0.1) is 5.92 Å². The van der Waals surface area contributed by atoms with Gasteiger partial charge in [-0.05, 0) is 43.8 Å². The van der Waals surface area contributed by atoms with Gasteiger partial charge in [0.15, 0.2) is 0 Å². The Hall–Kier alpha value is -0.960. The number of likely N-dealkylation sites (tertiary alicyclic amines) is 1. The number of carboxylic acids is 1. The zero-order chi connectivity index (χ0) is 14.8. The highest BCUT2D eigenvalue weighted by Crippen LogP contribution is 2.22. The standard InChI is InChI=1S/C12H18N2O4S2/c1-14-5-2-3-9(8-14)7-13-20(17,18)10-4-6-19-11(10)12(15)16/h4,6,9,13H,2-3,5,7-8H2,1H3,(H,15,16). The molecule has 1 saturated heterocycles. The van der Waals surface area contributed by atoms with E-state index in [2.05, 4.69) is 9.62 Å². The van der Waals surface area contributed by atoms with Gasteiger partial charge >= 0.3 is 5.97 Å². The lowest BCUT2D eigenvalue weighted by Crippen LogP contribution is -2.39. The Morgan fingerprint density at radius 3 is 3.00 bits per heavy atom. The van der Waals surface area contributed by atoms with Crippen LogP contribution >= 0.6 is 11.3 Å². The maximum atomic E-state index is 12.2. The van der Waals surface area contributed by atoms with Gasteiger partial charge in [0.2, 0.25) is 10.0 Å². The Morgan fingerprint density at radius 1 is 1.60 bits per heavy atom. The number of rotatable bonds is 5. The summed E-state index contributed by atoms with van der Waals surface area (Å²) in [4.78, 5) is 12.9. The first-order chi connectivity index (χ1) is 9.40. The first-order valence-corrected chi connectivity index (χ1v) is 8.75. The van der Waals surface area contributed by atoms with E-state index in [9.17, 15) is 13.2 Å². The Labute approximate surface area is 122 Å². The second-order valence-electron chi connectivity index (χ2n) is 5.04. The second-order valence-corrected chi connectivity index (χ2v) is 7.69. The number of hydrogen-bond acceptors (Lipinski definition) is 5. The Bertz CT molecular complexity index is 582. The first kappa shape index (κ1) is 15.4. The highest BCUT2D eigenvalue weighted by atomic mass is 32.2. The average molecular weight is 318 g/mol. The fraction of sp³-hybridized carbons (Fsp3) is 0.583. The van der Waals surface area contributed by atoms with Gasteiger partial charge in [0.05, 0.1) is 0 Å². The van der Waals surface area contributed by atoms with E-state index in [0.29, 0.717) is 6.54 Å². The quantitative estimate of drug-likeness (QED) is 0.848. The topological polar surface area (TPSA) is 86.7 Å². The number of piperidine rings is 1. The molecule has 2 N–H and O–H groups in total. The maximum absolute atomic E-state index is 12.2. The molecule has 6 nitrogen and oxygen atoms in total. The van der Waals surface area contributed by atoms with Crippen molar-refractivity contribution in [1.29, 1.82) is 0 Å². The van der Waals surface area contributed by atoms with Crippen LogP contribution in [-0.2, 0) is 10.0 Å². The summed E-state index contributed by atoms with van der Waals surface area (Å²) in [6, 6.07) is 1.34. The van der Waals surface area contributed by atoms with Gasteiger partial charge in [-0.3, -0.25) is 0 Å². The van der Waals surface area contributed by atoms with E-state index in [1.165, 1.54) is 11.4 Å². The van der Waals surface area contributed by atoms with Crippen molar-refractivity contribution in [1.82, 2.24) is 9.62 Å². The van der Waals surface area contributed by atoms with Gasteiger partial charge in [-0.1, -0.05) is 0 Å². The molecule has 1 aromatic rings. The van der Waals surface area contributed by atoms with Crippen molar-refractivity contribution in [2.24, 2.45) is 5.92 Å². The second kappa shape index (κ2) is 6.21. The van der Waals surface area contributed by atoms with Gasteiger partial charge in [-0.15, -0.1) is 11.3 Å². The highest BCUT2D eigenvalue weighted by Gasteiger charge is 2.25. The van der Waals surface area contributed by atoms with E-state index >= 15 is 0 Å². The SMILES string of the molecule is CN1CCCC(CNS(=O)(=O)c2ccsc2C(=O)O)C1. The molecule has 0 radical (unpaired) electrons. The van der Waals surface area contributed by atoms with Crippen LogP contribution in [0.25, 0.3) is 0 Å². The minimum atomic E-state index is -3.75. The largest absolute Gasteiger partial charge is 0.477 e. The molecule has 1 unspecified atom stereocenters. The highest BCUT2D eigenvalue weighted by molar-refractivity contribution is 7.89. The van der Waals surface area contributed by atoms with E-state index in [1.807, 2.05) is 7.05 Å². The monoisotopic (exact) mass is 318 g/mol. The molecule has 2 heterocycles. The van der Waals surface area contributed by atoms with Crippen molar-refractivity contribution in [2.45, 2.75) is 17.7 Å². The Balaban J connectivity index is 2.04. The van der Waals surface area contributed by atoms with Crippen LogP contribution in [0.2, 0.25) is 0 Å². The number of hydrogen-bond donors (Lipinski definition) is 2. The van der Waals surface area contributed by atoms with Gasteiger partial charge in [-0.25, -0.2) is 17.9 Å². The summed E-state index contributed by atoms with van der Waals surface area (Å²) in [7, 11) is -1.73. The van der Waals surface area contributed by atoms with Gasteiger partial charge in [0, 0.05) is 13.1 Å². The van der Waals surface area contributed by atoms with Crippen LogP contribution < -0.4 is 4.72 Å². The molecule has 0 aliphatic carbocycles. The van der Waals surface area contributed by atoms with Gasteiger partial charge in [0.1, 0.15) is 9.77 Å². The fourth-order valence-corrected chi connectivity index (χ4v) is 4.78. The smallest absolute Gasteiger partial charge is 0.347 e. The van der Waals surface area contributed by atoms with E-state index in [4.69, 9.17) is 5.11 Å². The molecule has 0 aromatic carbocycles. The third-order valence-electron chi connectivity index (χ3n) is 3.40. The number of sulfonamides is 1. The molecule has 0 saturated carbocycles. The van der Waals surface area contributed by atoms with Gasteiger partial charge in [-0.2, -0.15) is 0 Å². The number of carbonyl (C=O) groups is 1. The molecule has 112 valence electrons. The van der Waals surface area contributed by atoms with Gasteiger partial charge in [0.25, 0.3) is 0 Å². The van der Waals surface area contributed by atoms with Crippen molar-refractivity contribution < 1.29 is 18.3 Å². The van der Waals surface area contributed by atoms with E-state index < -0.39 is 16.0 Å². The minimum Gasteiger partial charge on any atom is -0.477 e. The van der Waals surface area contributed by atoms with E-state index in [-0.39, 0.29) is 15.7 Å². The summed E-state index contributed by atoms with van der Waals surface area (Å²) in [6.07, 6.45) is 2.05. The van der Waals surface area contributed by atoms with Crippen LogP contribution in [0.5, 0.6) is 0 Å². The molecule has 1 aliphatic heterocycles. The lowest BCUT2D eigenvalue weighted by Gasteiger charge is -2.29. The van der Waals surface area contributed by atoms with Crippen LogP contribution in [-0.4, -0.2) is 51.1 Å². The van der Waals surface area contributed by atoms with Crippen molar-refractivity contribution in [3.63, 3.8) is 0 Å². The third kappa shape index (κ3) is 3.57. The minimum absolute atomic E-state index is 0.140.